The lowest BCUT2D eigenvalue weighted by Gasteiger charge is -2.24. The molecular formula is C38H29B5O. The Morgan fingerprint density at radius 3 is 1.41 bits per heavy atom. The average molecular weight is 556 g/mol. The molecule has 202 valence electrons. The van der Waals surface area contributed by atoms with Crippen molar-refractivity contribution in [2.75, 3.05) is 0 Å². The minimum Gasteiger partial charge on any atom is -0.455 e. The third kappa shape index (κ3) is 3.80. The molecule has 8 rings (SSSR count). The Morgan fingerprint density at radius 2 is 0.818 bits per heavy atom. The fourth-order valence-corrected chi connectivity index (χ4v) is 7.44. The highest BCUT2D eigenvalue weighted by molar-refractivity contribution is 6.69. The van der Waals surface area contributed by atoms with Crippen molar-refractivity contribution < 1.29 is 4.42 Å². The van der Waals surface area contributed by atoms with Gasteiger partial charge in [0.2, 0.25) is 0 Å². The van der Waals surface area contributed by atoms with Gasteiger partial charge >= 0.3 is 0 Å². The Balaban J connectivity index is 1.56. The number of rotatable bonds is 3. The van der Waals surface area contributed by atoms with E-state index in [1.54, 1.807) is 0 Å². The molecule has 7 aromatic carbocycles. The summed E-state index contributed by atoms with van der Waals surface area (Å²) in [5, 5.41) is 7.39. The van der Waals surface area contributed by atoms with Crippen molar-refractivity contribution in [2.24, 2.45) is 0 Å². The molecule has 0 unspecified atom stereocenters. The summed E-state index contributed by atoms with van der Waals surface area (Å²) in [6, 6.07) is 41.6. The molecule has 0 fully saturated rings. The summed E-state index contributed by atoms with van der Waals surface area (Å²) in [4.78, 5) is 0. The molecule has 0 aliphatic heterocycles. The summed E-state index contributed by atoms with van der Waals surface area (Å²) < 4.78 is 6.69. The van der Waals surface area contributed by atoms with E-state index in [1.807, 2.05) is 0 Å². The van der Waals surface area contributed by atoms with Gasteiger partial charge in [0.05, 0.1) is 0 Å². The number of benzene rings is 7. The van der Waals surface area contributed by atoms with Crippen molar-refractivity contribution in [2.45, 2.75) is 0 Å². The van der Waals surface area contributed by atoms with Crippen molar-refractivity contribution in [1.82, 2.24) is 0 Å². The van der Waals surface area contributed by atoms with Gasteiger partial charge in [0, 0.05) is 16.3 Å². The summed E-state index contributed by atoms with van der Waals surface area (Å²) in [6.07, 6.45) is 0. The molecule has 0 aliphatic carbocycles. The third-order valence-corrected chi connectivity index (χ3v) is 10.1. The van der Waals surface area contributed by atoms with Gasteiger partial charge in [0.1, 0.15) is 50.4 Å². The number of fused-ring (bicyclic) bond motifs is 5. The standard InChI is InChI=1S/C38H29B5O/c39-33-32(34(40)36(42)37(43)35(33)41)30-24-14-6-4-12-22(24)29(23-13-5-7-15-25(23)30)27-19-18-21(20-10-2-1-3-11-20)38-31(27)26-16-8-9-17-28(26)44-38/h1-19H,39-43H2. The molecule has 0 radical (unpaired) electrons. The first kappa shape index (κ1) is 26.8. The lowest BCUT2D eigenvalue weighted by atomic mass is 9.59. The SMILES string of the molecule is Bc1c(B)c(B)c(-c2c3ccccc3c(-c3ccc(-c4ccccc4)c4oc5ccccc5c34)c3ccccc23)c(B)c1B. The van der Waals surface area contributed by atoms with E-state index in [-0.39, 0.29) is 0 Å². The zero-order valence-corrected chi connectivity index (χ0v) is 25.9. The topological polar surface area (TPSA) is 13.1 Å². The van der Waals surface area contributed by atoms with Crippen molar-refractivity contribution in [1.29, 1.82) is 0 Å². The van der Waals surface area contributed by atoms with E-state index in [9.17, 15) is 0 Å². The van der Waals surface area contributed by atoms with E-state index in [4.69, 9.17) is 4.42 Å². The molecule has 1 heterocycles. The Labute approximate surface area is 262 Å². The van der Waals surface area contributed by atoms with Gasteiger partial charge in [0.25, 0.3) is 0 Å². The number of hydrogen-bond donors (Lipinski definition) is 0. The molecule has 8 aromatic rings. The quantitative estimate of drug-likeness (QED) is 0.241. The van der Waals surface area contributed by atoms with Crippen LogP contribution in [0, 0.1) is 0 Å². The molecule has 0 N–H and O–H groups in total. The maximum Gasteiger partial charge on any atom is 0.143 e. The van der Waals surface area contributed by atoms with E-state index in [1.165, 1.54) is 76.5 Å². The van der Waals surface area contributed by atoms with Gasteiger partial charge in [-0.25, -0.2) is 0 Å². The van der Waals surface area contributed by atoms with E-state index < -0.39 is 0 Å². The van der Waals surface area contributed by atoms with Gasteiger partial charge < -0.3 is 4.42 Å². The van der Waals surface area contributed by atoms with Crippen LogP contribution >= 0.6 is 0 Å². The lowest BCUT2D eigenvalue weighted by Crippen LogP contribution is -2.55. The first-order chi connectivity index (χ1) is 21.5. The normalized spacial score (nSPS) is 11.6. The molecule has 0 saturated heterocycles. The summed E-state index contributed by atoms with van der Waals surface area (Å²) in [7, 11) is 11.4. The highest BCUT2D eigenvalue weighted by Gasteiger charge is 2.23. The van der Waals surface area contributed by atoms with Crippen LogP contribution in [0.15, 0.2) is 120 Å². The molecule has 0 aliphatic rings. The molecule has 1 aromatic heterocycles. The highest BCUT2D eigenvalue weighted by Crippen LogP contribution is 2.48. The maximum absolute atomic E-state index is 6.69. The van der Waals surface area contributed by atoms with E-state index >= 15 is 0 Å². The first-order valence-corrected chi connectivity index (χ1v) is 15.5. The van der Waals surface area contributed by atoms with Crippen molar-refractivity contribution >= 4 is 110 Å². The van der Waals surface area contributed by atoms with Crippen molar-refractivity contribution in [3.8, 4) is 33.4 Å². The van der Waals surface area contributed by atoms with Gasteiger partial charge in [0.15, 0.2) is 0 Å². The predicted octanol–water partition coefficient (Wildman–Crippen LogP) is 2.19. The zero-order valence-electron chi connectivity index (χ0n) is 25.9. The first-order valence-electron chi connectivity index (χ1n) is 15.5. The van der Waals surface area contributed by atoms with Gasteiger partial charge in [-0.1, -0.05) is 114 Å². The monoisotopic (exact) mass is 556 g/mol. The average Bonchev–Trinajstić information content (AvgIpc) is 3.46. The second-order valence-corrected chi connectivity index (χ2v) is 12.2. The molecular weight excluding hydrogens is 526 g/mol. The second-order valence-electron chi connectivity index (χ2n) is 12.2. The minimum atomic E-state index is 0.911. The Hall–Kier alpha value is -4.82. The van der Waals surface area contributed by atoms with E-state index in [0.717, 1.165) is 27.7 Å². The maximum atomic E-state index is 6.69. The van der Waals surface area contributed by atoms with Gasteiger partial charge in [-0.15, -0.1) is 16.4 Å². The van der Waals surface area contributed by atoms with Crippen LogP contribution in [0.25, 0.3) is 76.9 Å². The van der Waals surface area contributed by atoms with Crippen LogP contribution in [0.2, 0.25) is 0 Å². The number of hydrogen-bond acceptors (Lipinski definition) is 1. The van der Waals surface area contributed by atoms with Gasteiger partial charge in [-0.2, -0.15) is 0 Å². The third-order valence-electron chi connectivity index (χ3n) is 10.1. The van der Waals surface area contributed by atoms with Gasteiger partial charge in [-0.3, -0.25) is 0 Å². The van der Waals surface area contributed by atoms with E-state index in [0.29, 0.717) is 0 Å². The fourth-order valence-electron chi connectivity index (χ4n) is 7.44. The van der Waals surface area contributed by atoms with Crippen LogP contribution in [0.4, 0.5) is 0 Å². The Morgan fingerprint density at radius 1 is 0.364 bits per heavy atom. The summed E-state index contributed by atoms with van der Waals surface area (Å²) >= 11 is 0. The summed E-state index contributed by atoms with van der Waals surface area (Å²) in [6.45, 7) is 0. The van der Waals surface area contributed by atoms with Crippen LogP contribution in [0.3, 0.4) is 0 Å². The minimum absolute atomic E-state index is 0.911. The molecule has 0 saturated carbocycles. The van der Waals surface area contributed by atoms with Crippen molar-refractivity contribution in [3.05, 3.63) is 115 Å². The molecule has 0 atom stereocenters. The number of furan rings is 1. The van der Waals surface area contributed by atoms with Crippen LogP contribution in [-0.2, 0) is 0 Å². The molecule has 0 amide bonds. The molecule has 0 spiro atoms. The highest BCUT2D eigenvalue weighted by atomic mass is 16.3. The van der Waals surface area contributed by atoms with Gasteiger partial charge in [-0.05, 0) is 61.5 Å². The second kappa shape index (κ2) is 10.1. The predicted molar refractivity (Wildman–Crippen MR) is 206 cm³/mol. The smallest absolute Gasteiger partial charge is 0.143 e. The van der Waals surface area contributed by atoms with Crippen LogP contribution < -0.4 is 27.3 Å². The number of para-hydroxylation sites is 1. The molecule has 0 bridgehead atoms. The fraction of sp³-hybridized carbons (Fsp3) is 0. The van der Waals surface area contributed by atoms with Crippen molar-refractivity contribution in [3.63, 3.8) is 0 Å². The largest absolute Gasteiger partial charge is 0.455 e. The molecule has 6 heteroatoms. The van der Waals surface area contributed by atoms with E-state index in [2.05, 4.69) is 154 Å². The molecule has 1 nitrogen and oxygen atoms in total. The van der Waals surface area contributed by atoms with Crippen LogP contribution in [-0.4, -0.2) is 39.2 Å². The zero-order chi connectivity index (χ0) is 30.1. The summed E-state index contributed by atoms with van der Waals surface area (Å²) in [5.74, 6) is 0. The Kier molecular flexibility index (Phi) is 6.17. The molecule has 44 heavy (non-hydrogen) atoms. The summed E-state index contributed by atoms with van der Waals surface area (Å²) in [5.41, 5.74) is 16.1. The Bertz CT molecular complexity index is 2360. The van der Waals surface area contributed by atoms with Crippen LogP contribution in [0.5, 0.6) is 0 Å². The van der Waals surface area contributed by atoms with Crippen LogP contribution in [0.1, 0.15) is 0 Å². The lowest BCUT2D eigenvalue weighted by molar-refractivity contribution is 0.670.